The van der Waals surface area contributed by atoms with Crippen LogP contribution in [0.2, 0.25) is 0 Å². The molecule has 0 bridgehead atoms. The number of hydrogen-bond donors (Lipinski definition) is 2. The first-order chi connectivity index (χ1) is 13.9. The lowest BCUT2D eigenvalue weighted by atomic mass is 9.87. The molecular formula is C21H17Br2N3O2S. The maximum Gasteiger partial charge on any atom is 0.234 e. The normalized spacial score (nSPS) is 16.2. The van der Waals surface area contributed by atoms with Crippen molar-refractivity contribution in [2.24, 2.45) is 0 Å². The highest BCUT2D eigenvalue weighted by Gasteiger charge is 2.30. The number of halogens is 2. The summed E-state index contributed by atoms with van der Waals surface area (Å²) in [6.07, 6.45) is 0.202. The lowest BCUT2D eigenvalue weighted by Crippen LogP contribution is -2.31. The van der Waals surface area contributed by atoms with Crippen LogP contribution in [0.5, 0.6) is 0 Å². The molecule has 0 aliphatic carbocycles. The number of rotatable bonds is 5. The standard InChI is InChI=1S/C21H17Br2N3O2S/c1-12-7-15(5-6-18(12)23)25-20(28)11-29-21-17(10-24)16(9-19(27)26-21)13-3-2-4-14(22)8-13/h2-8,16H,9,11H2,1H3,(H,25,28)(H,26,27)/t16-/m1/s1. The Hall–Kier alpha value is -2.08. The quantitative estimate of drug-likeness (QED) is 0.550. The van der Waals surface area contributed by atoms with Gasteiger partial charge in [-0.25, -0.2) is 0 Å². The molecule has 2 aromatic rings. The molecule has 2 N–H and O–H groups in total. The van der Waals surface area contributed by atoms with E-state index in [1.54, 1.807) is 0 Å². The van der Waals surface area contributed by atoms with Gasteiger partial charge in [0.15, 0.2) is 0 Å². The van der Waals surface area contributed by atoms with Crippen LogP contribution >= 0.6 is 43.6 Å². The van der Waals surface area contributed by atoms with Gasteiger partial charge >= 0.3 is 0 Å². The van der Waals surface area contributed by atoms with Crippen molar-refractivity contribution in [2.75, 3.05) is 11.1 Å². The molecule has 0 spiro atoms. The lowest BCUT2D eigenvalue weighted by Gasteiger charge is -2.25. The van der Waals surface area contributed by atoms with Gasteiger partial charge in [0.2, 0.25) is 11.8 Å². The first-order valence-electron chi connectivity index (χ1n) is 8.75. The summed E-state index contributed by atoms with van der Waals surface area (Å²) in [6.45, 7) is 1.94. The number of allylic oxidation sites excluding steroid dienone is 1. The topological polar surface area (TPSA) is 82.0 Å². The van der Waals surface area contributed by atoms with Crippen LogP contribution in [0.4, 0.5) is 5.69 Å². The van der Waals surface area contributed by atoms with E-state index in [1.807, 2.05) is 49.4 Å². The molecule has 0 fully saturated rings. The summed E-state index contributed by atoms with van der Waals surface area (Å²) in [5.74, 6) is -0.618. The van der Waals surface area contributed by atoms with Crippen LogP contribution in [0.25, 0.3) is 0 Å². The van der Waals surface area contributed by atoms with Crippen molar-refractivity contribution in [1.82, 2.24) is 5.32 Å². The summed E-state index contributed by atoms with van der Waals surface area (Å²) in [7, 11) is 0. The molecule has 2 amide bonds. The van der Waals surface area contributed by atoms with Gasteiger partial charge in [-0.15, -0.1) is 0 Å². The third kappa shape index (κ3) is 5.50. The molecule has 1 aliphatic heterocycles. The molecule has 0 saturated heterocycles. The van der Waals surface area contributed by atoms with E-state index < -0.39 is 0 Å². The Bertz CT molecular complexity index is 1050. The van der Waals surface area contributed by atoms with Crippen LogP contribution in [0, 0.1) is 18.3 Å². The van der Waals surface area contributed by atoms with E-state index in [9.17, 15) is 14.9 Å². The van der Waals surface area contributed by atoms with Crippen LogP contribution in [0.3, 0.4) is 0 Å². The van der Waals surface area contributed by atoms with Crippen LogP contribution in [-0.2, 0) is 9.59 Å². The molecule has 2 aromatic carbocycles. The predicted molar refractivity (Wildman–Crippen MR) is 122 cm³/mol. The van der Waals surface area contributed by atoms with Gasteiger partial charge in [-0.3, -0.25) is 9.59 Å². The third-order valence-corrected chi connectivity index (χ3v) is 6.80. The fourth-order valence-electron chi connectivity index (χ4n) is 3.00. The minimum Gasteiger partial charge on any atom is -0.325 e. The summed E-state index contributed by atoms with van der Waals surface area (Å²) in [6, 6.07) is 15.4. The molecule has 148 valence electrons. The molecule has 1 heterocycles. The number of benzene rings is 2. The van der Waals surface area contributed by atoms with Crippen LogP contribution in [0.15, 0.2) is 62.0 Å². The second kappa shape index (κ2) is 9.61. The van der Waals surface area contributed by atoms with Crippen molar-refractivity contribution < 1.29 is 9.59 Å². The maximum atomic E-state index is 12.4. The van der Waals surface area contributed by atoms with Gasteiger partial charge in [-0.1, -0.05) is 55.8 Å². The molecule has 5 nitrogen and oxygen atoms in total. The first kappa shape index (κ1) is 21.6. The Kier molecular flexibility index (Phi) is 7.17. The molecule has 8 heteroatoms. The molecule has 0 aromatic heterocycles. The number of nitrogens with one attached hydrogen (secondary N) is 2. The van der Waals surface area contributed by atoms with E-state index >= 15 is 0 Å². The highest BCUT2D eigenvalue weighted by Crippen LogP contribution is 2.36. The summed E-state index contributed by atoms with van der Waals surface area (Å²) in [4.78, 5) is 24.6. The number of thioether (sulfide) groups is 1. The number of amides is 2. The monoisotopic (exact) mass is 533 g/mol. The zero-order valence-electron chi connectivity index (χ0n) is 15.5. The summed E-state index contributed by atoms with van der Waals surface area (Å²) < 4.78 is 1.86. The van der Waals surface area contributed by atoms with Crippen molar-refractivity contribution in [2.45, 2.75) is 19.3 Å². The Balaban J connectivity index is 1.75. The summed E-state index contributed by atoms with van der Waals surface area (Å²) >= 11 is 8.03. The van der Waals surface area contributed by atoms with E-state index in [0.29, 0.717) is 16.3 Å². The number of carbonyl (C=O) groups excluding carboxylic acids is 2. The average molecular weight is 535 g/mol. The zero-order chi connectivity index (χ0) is 21.0. The van der Waals surface area contributed by atoms with E-state index in [1.165, 1.54) is 0 Å². The van der Waals surface area contributed by atoms with Crippen molar-refractivity contribution in [3.63, 3.8) is 0 Å². The fourth-order valence-corrected chi connectivity index (χ4v) is 4.54. The molecule has 1 atom stereocenters. The van der Waals surface area contributed by atoms with Gasteiger partial charge in [0.05, 0.1) is 22.4 Å². The highest BCUT2D eigenvalue weighted by molar-refractivity contribution is 9.10. The number of hydrogen-bond acceptors (Lipinski definition) is 4. The second-order valence-corrected chi connectivity index (χ2v) is 9.27. The molecule has 0 saturated carbocycles. The predicted octanol–water partition coefficient (Wildman–Crippen LogP) is 5.23. The molecule has 0 radical (unpaired) electrons. The number of carbonyl (C=O) groups is 2. The number of anilines is 1. The second-order valence-electron chi connectivity index (χ2n) is 6.52. The van der Waals surface area contributed by atoms with Gasteiger partial charge in [-0.05, 0) is 48.4 Å². The molecule has 1 aliphatic rings. The smallest absolute Gasteiger partial charge is 0.234 e. The molecule has 3 rings (SSSR count). The van der Waals surface area contributed by atoms with Gasteiger partial charge in [0, 0.05) is 27.0 Å². The van der Waals surface area contributed by atoms with Crippen LogP contribution in [-0.4, -0.2) is 17.6 Å². The van der Waals surface area contributed by atoms with Gasteiger partial charge < -0.3 is 10.6 Å². The van der Waals surface area contributed by atoms with Crippen molar-refractivity contribution >= 4 is 61.1 Å². The fraction of sp³-hybridized carbons (Fsp3) is 0.190. The number of nitrogens with zero attached hydrogens (tertiary/aromatic N) is 1. The molecular weight excluding hydrogens is 518 g/mol. The number of nitriles is 1. The van der Waals surface area contributed by atoms with E-state index in [0.717, 1.165) is 31.8 Å². The summed E-state index contributed by atoms with van der Waals surface area (Å²) in [5.41, 5.74) is 3.07. The van der Waals surface area contributed by atoms with Crippen LogP contribution in [0.1, 0.15) is 23.5 Å². The third-order valence-electron chi connectivity index (χ3n) is 4.40. The SMILES string of the molecule is Cc1cc(NC(=O)CSC2=C(C#N)[C@@H](c3cccc(Br)c3)CC(=O)N2)ccc1Br. The zero-order valence-corrected chi connectivity index (χ0v) is 19.4. The van der Waals surface area contributed by atoms with Crippen molar-refractivity contribution in [3.8, 4) is 6.07 Å². The first-order valence-corrected chi connectivity index (χ1v) is 11.3. The molecule has 0 unspecified atom stereocenters. The van der Waals surface area contributed by atoms with Crippen LogP contribution < -0.4 is 10.6 Å². The Morgan fingerprint density at radius 2 is 2.10 bits per heavy atom. The number of aryl methyl sites for hydroxylation is 1. The lowest BCUT2D eigenvalue weighted by molar-refractivity contribution is -0.121. The van der Waals surface area contributed by atoms with Crippen molar-refractivity contribution in [3.05, 3.63) is 73.1 Å². The Morgan fingerprint density at radius 3 is 2.79 bits per heavy atom. The minimum atomic E-state index is -0.328. The summed E-state index contributed by atoms with van der Waals surface area (Å²) in [5, 5.41) is 15.7. The maximum absolute atomic E-state index is 12.4. The highest BCUT2D eigenvalue weighted by atomic mass is 79.9. The van der Waals surface area contributed by atoms with E-state index in [4.69, 9.17) is 0 Å². The average Bonchev–Trinajstić information content (AvgIpc) is 2.68. The van der Waals surface area contributed by atoms with E-state index in [-0.39, 0.29) is 29.9 Å². The van der Waals surface area contributed by atoms with Gasteiger partial charge in [-0.2, -0.15) is 5.26 Å². The minimum absolute atomic E-state index is 0.0844. The van der Waals surface area contributed by atoms with Gasteiger partial charge in [0.25, 0.3) is 0 Å². The Labute approximate surface area is 190 Å². The van der Waals surface area contributed by atoms with Crippen molar-refractivity contribution in [1.29, 1.82) is 5.26 Å². The largest absolute Gasteiger partial charge is 0.325 e. The Morgan fingerprint density at radius 1 is 1.31 bits per heavy atom. The molecule has 29 heavy (non-hydrogen) atoms. The van der Waals surface area contributed by atoms with Gasteiger partial charge in [0.1, 0.15) is 0 Å². The van der Waals surface area contributed by atoms with E-state index in [2.05, 4.69) is 48.6 Å².